The summed E-state index contributed by atoms with van der Waals surface area (Å²) >= 11 is 0. The van der Waals surface area contributed by atoms with Gasteiger partial charge in [0.2, 0.25) is 5.91 Å². The molecule has 1 atom stereocenters. The van der Waals surface area contributed by atoms with Crippen molar-refractivity contribution in [2.75, 3.05) is 17.7 Å². The number of nitrogens with zero attached hydrogens (tertiary/aromatic N) is 1. The van der Waals surface area contributed by atoms with Gasteiger partial charge < -0.3 is 10.6 Å². The Balaban J connectivity index is 1.58. The van der Waals surface area contributed by atoms with Crippen molar-refractivity contribution in [3.05, 3.63) is 18.0 Å². The maximum Gasteiger partial charge on any atom is 0.224 e. The van der Waals surface area contributed by atoms with Crippen LogP contribution in [0.5, 0.6) is 0 Å². The second kappa shape index (κ2) is 9.65. The molecule has 1 fully saturated rings. The molecule has 1 heterocycles. The summed E-state index contributed by atoms with van der Waals surface area (Å²) < 4.78 is 0. The number of hydrogen-bond donors (Lipinski definition) is 2. The number of amides is 1. The van der Waals surface area contributed by atoms with Gasteiger partial charge in [0.1, 0.15) is 0 Å². The molecule has 0 saturated heterocycles. The van der Waals surface area contributed by atoms with E-state index in [0.29, 0.717) is 6.42 Å². The first-order valence-corrected chi connectivity index (χ1v) is 9.58. The monoisotopic (exact) mass is 331 g/mol. The molecular formula is C20H33N3O. The van der Waals surface area contributed by atoms with Crippen LogP contribution in [-0.4, -0.2) is 17.9 Å². The molecule has 24 heavy (non-hydrogen) atoms. The van der Waals surface area contributed by atoms with Crippen molar-refractivity contribution in [2.45, 2.75) is 71.6 Å². The molecule has 1 unspecified atom stereocenters. The molecule has 0 bridgehead atoms. The van der Waals surface area contributed by atoms with Gasteiger partial charge in [-0.1, -0.05) is 39.0 Å². The van der Waals surface area contributed by atoms with Gasteiger partial charge >= 0.3 is 0 Å². The Bertz CT molecular complexity index is 526. The number of hydrogen-bond acceptors (Lipinski definition) is 3. The van der Waals surface area contributed by atoms with E-state index in [1.54, 1.807) is 6.20 Å². The Labute approximate surface area is 146 Å². The van der Waals surface area contributed by atoms with Crippen molar-refractivity contribution >= 4 is 17.3 Å². The fraction of sp³-hybridized carbons (Fsp3) is 0.700. The molecule has 0 spiro atoms. The van der Waals surface area contributed by atoms with E-state index in [9.17, 15) is 4.79 Å². The summed E-state index contributed by atoms with van der Waals surface area (Å²) in [6.07, 6.45) is 12.7. The summed E-state index contributed by atoms with van der Waals surface area (Å²) in [6, 6.07) is 1.93. The molecule has 1 aliphatic rings. The van der Waals surface area contributed by atoms with Crippen LogP contribution in [0.4, 0.5) is 11.4 Å². The summed E-state index contributed by atoms with van der Waals surface area (Å²) in [5.41, 5.74) is 2.66. The summed E-state index contributed by atoms with van der Waals surface area (Å²) in [4.78, 5) is 16.3. The third-order valence-corrected chi connectivity index (χ3v) is 5.18. The highest BCUT2D eigenvalue weighted by Crippen LogP contribution is 2.40. The van der Waals surface area contributed by atoms with Crippen molar-refractivity contribution in [1.82, 2.24) is 4.98 Å². The molecule has 0 aromatic carbocycles. The van der Waals surface area contributed by atoms with Crippen LogP contribution in [0.25, 0.3) is 0 Å². The molecule has 4 nitrogen and oxygen atoms in total. The lowest BCUT2D eigenvalue weighted by Gasteiger charge is -2.13. The van der Waals surface area contributed by atoms with Crippen LogP contribution in [0.1, 0.15) is 70.4 Å². The van der Waals surface area contributed by atoms with Gasteiger partial charge in [0.05, 0.1) is 23.3 Å². The summed E-state index contributed by atoms with van der Waals surface area (Å²) in [5, 5.41) is 6.03. The number of rotatable bonds is 11. The Morgan fingerprint density at radius 2 is 2.04 bits per heavy atom. The van der Waals surface area contributed by atoms with Crippen molar-refractivity contribution in [3.8, 4) is 0 Å². The summed E-state index contributed by atoms with van der Waals surface area (Å²) in [5.74, 6) is 2.09. The van der Waals surface area contributed by atoms with Gasteiger partial charge in [0.15, 0.2) is 0 Å². The van der Waals surface area contributed by atoms with E-state index in [4.69, 9.17) is 0 Å². The van der Waals surface area contributed by atoms with Crippen molar-refractivity contribution in [3.63, 3.8) is 0 Å². The van der Waals surface area contributed by atoms with E-state index >= 15 is 0 Å². The average Bonchev–Trinajstić information content (AvgIpc) is 3.41. The normalized spacial score (nSPS) is 15.1. The Kier molecular flexibility index (Phi) is 7.54. The predicted octanol–water partition coefficient (Wildman–Crippen LogP) is 5.15. The Morgan fingerprint density at radius 1 is 1.29 bits per heavy atom. The van der Waals surface area contributed by atoms with E-state index in [2.05, 4.69) is 22.5 Å². The molecule has 4 heteroatoms. The lowest BCUT2D eigenvalue weighted by Crippen LogP contribution is -2.12. The van der Waals surface area contributed by atoms with Crippen LogP contribution in [0, 0.1) is 18.8 Å². The van der Waals surface area contributed by atoms with E-state index in [-0.39, 0.29) is 5.91 Å². The number of unbranched alkanes of at least 4 members (excludes halogenated alkanes) is 3. The molecular weight excluding hydrogens is 298 g/mol. The maximum absolute atomic E-state index is 12.0. The highest BCUT2D eigenvalue weighted by atomic mass is 16.1. The molecule has 1 aromatic heterocycles. The smallest absolute Gasteiger partial charge is 0.224 e. The number of pyridine rings is 1. The topological polar surface area (TPSA) is 54.0 Å². The average molecular weight is 332 g/mol. The van der Waals surface area contributed by atoms with E-state index < -0.39 is 0 Å². The minimum atomic E-state index is 0.0899. The molecule has 2 N–H and O–H groups in total. The van der Waals surface area contributed by atoms with Crippen molar-refractivity contribution in [1.29, 1.82) is 0 Å². The molecule has 2 rings (SSSR count). The van der Waals surface area contributed by atoms with Crippen LogP contribution in [0.15, 0.2) is 12.3 Å². The SMILES string of the molecule is CCC(CCCCCCC(=O)Nc1cnc(C)c(NC)c1)C1CC1. The molecule has 1 aliphatic carbocycles. The van der Waals surface area contributed by atoms with Crippen LogP contribution < -0.4 is 10.6 Å². The van der Waals surface area contributed by atoms with Gasteiger partial charge in [0.25, 0.3) is 0 Å². The van der Waals surface area contributed by atoms with Crippen LogP contribution >= 0.6 is 0 Å². The summed E-state index contributed by atoms with van der Waals surface area (Å²) in [7, 11) is 1.86. The summed E-state index contributed by atoms with van der Waals surface area (Å²) in [6.45, 7) is 4.27. The largest absolute Gasteiger partial charge is 0.387 e. The fourth-order valence-corrected chi connectivity index (χ4v) is 3.46. The van der Waals surface area contributed by atoms with Gasteiger partial charge in [-0.2, -0.15) is 0 Å². The number of anilines is 2. The fourth-order valence-electron chi connectivity index (χ4n) is 3.46. The zero-order valence-electron chi connectivity index (χ0n) is 15.5. The first-order chi connectivity index (χ1) is 11.6. The van der Waals surface area contributed by atoms with Gasteiger partial charge in [-0.3, -0.25) is 9.78 Å². The predicted molar refractivity (Wildman–Crippen MR) is 101 cm³/mol. The number of aryl methyl sites for hydroxylation is 1. The van der Waals surface area contributed by atoms with Crippen molar-refractivity contribution in [2.24, 2.45) is 11.8 Å². The molecule has 134 valence electrons. The first-order valence-electron chi connectivity index (χ1n) is 9.58. The number of carbonyl (C=O) groups is 1. The van der Waals surface area contributed by atoms with Crippen LogP contribution in [0.3, 0.4) is 0 Å². The highest BCUT2D eigenvalue weighted by Gasteiger charge is 2.28. The number of aromatic nitrogens is 1. The van der Waals surface area contributed by atoms with Gasteiger partial charge in [0, 0.05) is 13.5 Å². The Hall–Kier alpha value is -1.58. The first kappa shape index (κ1) is 18.8. The van der Waals surface area contributed by atoms with Crippen molar-refractivity contribution < 1.29 is 4.79 Å². The van der Waals surface area contributed by atoms with Gasteiger partial charge in [-0.05, 0) is 44.1 Å². The second-order valence-electron chi connectivity index (χ2n) is 7.11. The van der Waals surface area contributed by atoms with Gasteiger partial charge in [-0.15, -0.1) is 0 Å². The second-order valence-corrected chi connectivity index (χ2v) is 7.11. The zero-order valence-corrected chi connectivity index (χ0v) is 15.5. The minimum absolute atomic E-state index is 0.0899. The van der Waals surface area contributed by atoms with E-state index in [0.717, 1.165) is 41.7 Å². The standard InChI is InChI=1S/C20H33N3O/c1-4-16(17-11-12-17)9-7-5-6-8-10-20(24)23-18-13-19(21-3)15(2)22-14-18/h13-14,16-17,21H,4-12H2,1-3H3,(H,23,24). The van der Waals surface area contributed by atoms with E-state index in [1.165, 1.54) is 38.5 Å². The highest BCUT2D eigenvalue weighted by molar-refractivity contribution is 5.91. The number of carbonyl (C=O) groups excluding carboxylic acids is 1. The lowest BCUT2D eigenvalue weighted by molar-refractivity contribution is -0.116. The Morgan fingerprint density at radius 3 is 2.71 bits per heavy atom. The third-order valence-electron chi connectivity index (χ3n) is 5.18. The van der Waals surface area contributed by atoms with Crippen LogP contribution in [-0.2, 0) is 4.79 Å². The minimum Gasteiger partial charge on any atom is -0.387 e. The van der Waals surface area contributed by atoms with Gasteiger partial charge in [-0.25, -0.2) is 0 Å². The van der Waals surface area contributed by atoms with Crippen LogP contribution in [0.2, 0.25) is 0 Å². The van der Waals surface area contributed by atoms with E-state index in [1.807, 2.05) is 20.0 Å². The molecule has 1 amide bonds. The zero-order chi connectivity index (χ0) is 17.4. The maximum atomic E-state index is 12.0. The quantitative estimate of drug-likeness (QED) is 0.552. The molecule has 0 aliphatic heterocycles. The molecule has 1 aromatic rings. The third kappa shape index (κ3) is 6.14. The number of nitrogens with one attached hydrogen (secondary N) is 2. The lowest BCUT2D eigenvalue weighted by atomic mass is 9.93. The molecule has 1 saturated carbocycles. The molecule has 0 radical (unpaired) electrons.